The van der Waals surface area contributed by atoms with E-state index < -0.39 is 6.04 Å². The fourth-order valence-electron chi connectivity index (χ4n) is 2.08. The molecule has 0 spiro atoms. The molecule has 0 radical (unpaired) electrons. The van der Waals surface area contributed by atoms with Crippen molar-refractivity contribution in [3.05, 3.63) is 32.7 Å². The van der Waals surface area contributed by atoms with E-state index >= 15 is 0 Å². The number of nitrogens with one attached hydrogen (secondary N) is 1. The van der Waals surface area contributed by atoms with Crippen molar-refractivity contribution < 1.29 is 14.3 Å². The second-order valence-corrected chi connectivity index (χ2v) is 6.62. The zero-order valence-electron chi connectivity index (χ0n) is 11.6. The lowest BCUT2D eigenvalue weighted by molar-refractivity contribution is -0.136. The highest BCUT2D eigenvalue weighted by atomic mass is 79.9. The van der Waals surface area contributed by atoms with Gasteiger partial charge >= 0.3 is 0 Å². The fraction of sp³-hybridized carbons (Fsp3) is 0.429. The number of rotatable bonds is 3. The minimum absolute atomic E-state index is 0.0827. The smallest absolute Gasteiger partial charge is 0.251 e. The summed E-state index contributed by atoms with van der Waals surface area (Å²) < 4.78 is 6.82. The van der Waals surface area contributed by atoms with Crippen LogP contribution in [0.15, 0.2) is 27.1 Å². The van der Waals surface area contributed by atoms with Gasteiger partial charge in [0.1, 0.15) is 6.04 Å². The van der Waals surface area contributed by atoms with Gasteiger partial charge in [-0.25, -0.2) is 0 Å². The van der Waals surface area contributed by atoms with Crippen molar-refractivity contribution >= 4 is 43.7 Å². The zero-order chi connectivity index (χ0) is 15.4. The molecule has 1 fully saturated rings. The molecule has 0 aromatic heterocycles. The van der Waals surface area contributed by atoms with Crippen molar-refractivity contribution in [2.75, 3.05) is 26.3 Å². The molecule has 21 heavy (non-hydrogen) atoms. The molecule has 1 atom stereocenters. The Balaban J connectivity index is 1.99. The molecule has 1 aliphatic heterocycles. The van der Waals surface area contributed by atoms with E-state index in [-0.39, 0.29) is 11.8 Å². The lowest BCUT2D eigenvalue weighted by atomic mass is 10.2. The van der Waals surface area contributed by atoms with Gasteiger partial charge in [-0.2, -0.15) is 0 Å². The Morgan fingerprint density at radius 2 is 1.76 bits per heavy atom. The third-order valence-electron chi connectivity index (χ3n) is 3.17. The number of ether oxygens (including phenoxy) is 1. The third kappa shape index (κ3) is 4.52. The Hall–Kier alpha value is -0.920. The molecule has 1 heterocycles. The van der Waals surface area contributed by atoms with E-state index in [0.717, 1.165) is 8.95 Å². The standard InChI is InChI=1S/C14H16Br2N2O3/c1-9(14(20)18-2-4-21-5-3-18)17-13(19)10-6-11(15)8-12(16)7-10/h6-9H,2-5H2,1H3,(H,17,19). The Bertz CT molecular complexity index is 525. The Kier molecular flexibility index (Phi) is 5.78. The summed E-state index contributed by atoms with van der Waals surface area (Å²) in [5.41, 5.74) is 0.498. The largest absolute Gasteiger partial charge is 0.378 e. The molecule has 114 valence electrons. The van der Waals surface area contributed by atoms with Crippen molar-refractivity contribution in [1.82, 2.24) is 10.2 Å². The van der Waals surface area contributed by atoms with E-state index in [1.54, 1.807) is 24.0 Å². The molecule has 7 heteroatoms. The van der Waals surface area contributed by atoms with Crippen molar-refractivity contribution in [3.8, 4) is 0 Å². The van der Waals surface area contributed by atoms with Gasteiger partial charge in [-0.15, -0.1) is 0 Å². The molecule has 1 saturated heterocycles. The molecular formula is C14H16Br2N2O3. The van der Waals surface area contributed by atoms with E-state index in [2.05, 4.69) is 37.2 Å². The number of nitrogens with zero attached hydrogens (tertiary/aromatic N) is 1. The van der Waals surface area contributed by atoms with Gasteiger partial charge in [0.25, 0.3) is 5.91 Å². The molecular weight excluding hydrogens is 404 g/mol. The number of amides is 2. The molecule has 0 saturated carbocycles. The van der Waals surface area contributed by atoms with E-state index in [1.165, 1.54) is 0 Å². The van der Waals surface area contributed by atoms with E-state index in [0.29, 0.717) is 31.9 Å². The zero-order valence-corrected chi connectivity index (χ0v) is 14.7. The highest BCUT2D eigenvalue weighted by Crippen LogP contribution is 2.20. The van der Waals surface area contributed by atoms with Crippen molar-refractivity contribution in [2.24, 2.45) is 0 Å². The minimum atomic E-state index is -0.562. The Morgan fingerprint density at radius 1 is 1.19 bits per heavy atom. The summed E-state index contributed by atoms with van der Waals surface area (Å²) in [5, 5.41) is 2.74. The van der Waals surface area contributed by atoms with Crippen LogP contribution in [0.5, 0.6) is 0 Å². The highest BCUT2D eigenvalue weighted by Gasteiger charge is 2.24. The lowest BCUT2D eigenvalue weighted by Gasteiger charge is -2.29. The monoisotopic (exact) mass is 418 g/mol. The van der Waals surface area contributed by atoms with Gasteiger partial charge in [0.05, 0.1) is 13.2 Å². The summed E-state index contributed by atoms with van der Waals surface area (Å²) in [6, 6.07) is 4.71. The quantitative estimate of drug-likeness (QED) is 0.816. The van der Waals surface area contributed by atoms with Crippen LogP contribution in [-0.4, -0.2) is 49.1 Å². The van der Waals surface area contributed by atoms with Gasteiger partial charge in [-0.05, 0) is 25.1 Å². The maximum absolute atomic E-state index is 12.2. The fourth-order valence-corrected chi connectivity index (χ4v) is 3.38. The molecule has 2 rings (SSSR count). The average molecular weight is 420 g/mol. The first-order chi connectivity index (χ1) is 9.97. The van der Waals surface area contributed by atoms with E-state index in [1.807, 2.05) is 6.07 Å². The Labute approximate surface area is 140 Å². The second kappa shape index (κ2) is 7.38. The van der Waals surface area contributed by atoms with Crippen LogP contribution in [-0.2, 0) is 9.53 Å². The number of halogens is 2. The predicted octanol–water partition coefficient (Wildman–Crippen LogP) is 2.19. The SMILES string of the molecule is CC(NC(=O)c1cc(Br)cc(Br)c1)C(=O)N1CCOCC1. The lowest BCUT2D eigenvalue weighted by Crippen LogP contribution is -2.50. The molecule has 5 nitrogen and oxygen atoms in total. The van der Waals surface area contributed by atoms with Crippen LogP contribution in [0, 0.1) is 0 Å². The minimum Gasteiger partial charge on any atom is -0.378 e. The van der Waals surface area contributed by atoms with Crippen molar-refractivity contribution in [3.63, 3.8) is 0 Å². The molecule has 0 bridgehead atoms. The molecule has 1 N–H and O–H groups in total. The normalized spacial score (nSPS) is 16.4. The van der Waals surface area contributed by atoms with Crippen LogP contribution in [0.2, 0.25) is 0 Å². The van der Waals surface area contributed by atoms with E-state index in [9.17, 15) is 9.59 Å². The van der Waals surface area contributed by atoms with Crippen LogP contribution < -0.4 is 5.32 Å². The summed E-state index contributed by atoms with van der Waals surface area (Å²) in [4.78, 5) is 26.1. The summed E-state index contributed by atoms with van der Waals surface area (Å²) >= 11 is 6.68. The van der Waals surface area contributed by atoms with Crippen LogP contribution in [0.4, 0.5) is 0 Å². The van der Waals surface area contributed by atoms with Gasteiger partial charge in [0.15, 0.2) is 0 Å². The summed E-state index contributed by atoms with van der Waals surface area (Å²) in [5.74, 6) is -0.355. The molecule has 0 aliphatic carbocycles. The van der Waals surface area contributed by atoms with E-state index in [4.69, 9.17) is 4.74 Å². The first-order valence-corrected chi connectivity index (χ1v) is 8.19. The maximum atomic E-state index is 12.2. The van der Waals surface area contributed by atoms with Gasteiger partial charge in [-0.3, -0.25) is 9.59 Å². The van der Waals surface area contributed by atoms with Crippen LogP contribution in [0.25, 0.3) is 0 Å². The van der Waals surface area contributed by atoms with Gasteiger partial charge < -0.3 is 15.0 Å². The third-order valence-corrected chi connectivity index (χ3v) is 4.08. The maximum Gasteiger partial charge on any atom is 0.251 e. The molecule has 1 aromatic carbocycles. The first kappa shape index (κ1) is 16.5. The number of carbonyl (C=O) groups is 2. The Morgan fingerprint density at radius 3 is 2.33 bits per heavy atom. The summed E-state index contributed by atoms with van der Waals surface area (Å²) in [7, 11) is 0. The van der Waals surface area contributed by atoms with Crippen LogP contribution in [0.1, 0.15) is 17.3 Å². The summed E-state index contributed by atoms with van der Waals surface area (Å²) in [6.07, 6.45) is 0. The average Bonchev–Trinajstić information content (AvgIpc) is 2.46. The predicted molar refractivity (Wildman–Crippen MR) is 86.2 cm³/mol. The number of benzene rings is 1. The number of hydrogen-bond acceptors (Lipinski definition) is 3. The number of hydrogen-bond donors (Lipinski definition) is 1. The second-order valence-electron chi connectivity index (χ2n) is 4.79. The number of carbonyl (C=O) groups excluding carboxylic acids is 2. The van der Waals surface area contributed by atoms with Crippen LogP contribution >= 0.6 is 31.9 Å². The van der Waals surface area contributed by atoms with Gasteiger partial charge in [0.2, 0.25) is 5.91 Å². The molecule has 1 aliphatic rings. The molecule has 2 amide bonds. The first-order valence-electron chi connectivity index (χ1n) is 6.61. The molecule has 1 aromatic rings. The topological polar surface area (TPSA) is 58.6 Å². The van der Waals surface area contributed by atoms with Crippen LogP contribution in [0.3, 0.4) is 0 Å². The van der Waals surface area contributed by atoms with Crippen molar-refractivity contribution in [1.29, 1.82) is 0 Å². The highest BCUT2D eigenvalue weighted by molar-refractivity contribution is 9.11. The van der Waals surface area contributed by atoms with Gasteiger partial charge in [0, 0.05) is 27.6 Å². The van der Waals surface area contributed by atoms with Gasteiger partial charge in [-0.1, -0.05) is 31.9 Å². The summed E-state index contributed by atoms with van der Waals surface area (Å²) in [6.45, 7) is 3.93. The molecule has 1 unspecified atom stereocenters. The number of morpholine rings is 1. The van der Waals surface area contributed by atoms with Crippen molar-refractivity contribution in [2.45, 2.75) is 13.0 Å².